The summed E-state index contributed by atoms with van der Waals surface area (Å²) in [7, 11) is 0. The number of benzene rings is 2. The first-order chi connectivity index (χ1) is 14.1. The molecule has 0 aliphatic rings. The maximum Gasteiger partial charge on any atom is 0.242 e. The molecular weight excluding hydrogens is 393 g/mol. The minimum atomic E-state index is -0.655. The quantitative estimate of drug-likeness (QED) is 0.371. The van der Waals surface area contributed by atoms with Gasteiger partial charge in [-0.15, -0.1) is 10.2 Å². The van der Waals surface area contributed by atoms with E-state index in [4.69, 9.17) is 10.3 Å². The lowest BCUT2D eigenvalue weighted by molar-refractivity contribution is -0.115. The molecule has 0 spiro atoms. The summed E-state index contributed by atoms with van der Waals surface area (Å²) in [5.74, 6) is 6.28. The first-order valence-corrected chi connectivity index (χ1v) is 9.52. The van der Waals surface area contributed by atoms with E-state index in [0.29, 0.717) is 22.4 Å². The molecule has 1 amide bonds. The van der Waals surface area contributed by atoms with E-state index < -0.39 is 5.25 Å². The van der Waals surface area contributed by atoms with Crippen LogP contribution in [0.15, 0.2) is 82.6 Å². The number of nitrogens with one attached hydrogen (secondary N) is 1. The van der Waals surface area contributed by atoms with E-state index in [2.05, 4.69) is 15.5 Å². The molecular formula is C20H16FN5O2S. The minimum absolute atomic E-state index is 0.296. The number of amides is 1. The number of nitrogen functional groups attached to an aromatic ring is 1. The zero-order valence-electron chi connectivity index (χ0n) is 15.0. The van der Waals surface area contributed by atoms with E-state index in [9.17, 15) is 9.18 Å². The predicted octanol–water partition coefficient (Wildman–Crippen LogP) is 3.86. The molecule has 4 rings (SSSR count). The summed E-state index contributed by atoms with van der Waals surface area (Å²) in [4.78, 5) is 13.0. The normalized spacial score (nSPS) is 11.9. The van der Waals surface area contributed by atoms with Gasteiger partial charge in [-0.25, -0.2) is 9.07 Å². The summed E-state index contributed by atoms with van der Waals surface area (Å²) in [6.45, 7) is 0. The lowest BCUT2D eigenvalue weighted by atomic mass is 10.1. The van der Waals surface area contributed by atoms with Crippen molar-refractivity contribution in [2.24, 2.45) is 0 Å². The lowest BCUT2D eigenvalue weighted by Crippen LogP contribution is -2.20. The fourth-order valence-corrected chi connectivity index (χ4v) is 3.64. The maximum atomic E-state index is 13.1. The second-order valence-corrected chi connectivity index (χ2v) is 7.13. The van der Waals surface area contributed by atoms with E-state index in [1.807, 2.05) is 30.3 Å². The van der Waals surface area contributed by atoms with Gasteiger partial charge >= 0.3 is 0 Å². The number of nitrogens with two attached hydrogens (primary N) is 1. The van der Waals surface area contributed by atoms with E-state index in [-0.39, 0.29) is 11.7 Å². The number of thioether (sulfide) groups is 1. The molecule has 2 heterocycles. The van der Waals surface area contributed by atoms with E-state index in [1.165, 1.54) is 35.2 Å². The Kier molecular flexibility index (Phi) is 5.30. The average molecular weight is 409 g/mol. The summed E-state index contributed by atoms with van der Waals surface area (Å²) in [6, 6.07) is 18.2. The third kappa shape index (κ3) is 4.14. The molecule has 1 unspecified atom stereocenters. The van der Waals surface area contributed by atoms with Crippen LogP contribution >= 0.6 is 11.8 Å². The first-order valence-electron chi connectivity index (χ1n) is 8.64. The van der Waals surface area contributed by atoms with Gasteiger partial charge in [0.15, 0.2) is 5.76 Å². The van der Waals surface area contributed by atoms with Crippen LogP contribution in [0.1, 0.15) is 10.8 Å². The summed E-state index contributed by atoms with van der Waals surface area (Å²) in [5, 5.41) is 10.6. The van der Waals surface area contributed by atoms with Crippen LogP contribution < -0.4 is 11.2 Å². The minimum Gasteiger partial charge on any atom is -0.461 e. The Balaban J connectivity index is 1.61. The van der Waals surface area contributed by atoms with Gasteiger partial charge < -0.3 is 15.6 Å². The number of rotatable bonds is 6. The molecule has 0 bridgehead atoms. The number of aromatic nitrogens is 3. The second-order valence-electron chi connectivity index (χ2n) is 6.06. The molecule has 0 fully saturated rings. The molecule has 0 saturated heterocycles. The molecule has 1 atom stereocenters. The number of furan rings is 1. The Labute approximate surface area is 169 Å². The van der Waals surface area contributed by atoms with Crippen molar-refractivity contribution in [3.05, 3.63) is 84.4 Å². The average Bonchev–Trinajstić information content (AvgIpc) is 3.38. The van der Waals surface area contributed by atoms with Gasteiger partial charge in [0.2, 0.25) is 16.9 Å². The van der Waals surface area contributed by atoms with Crippen molar-refractivity contribution in [3.8, 4) is 11.6 Å². The molecule has 4 aromatic rings. The molecule has 2 aromatic carbocycles. The van der Waals surface area contributed by atoms with Crippen LogP contribution in [0.2, 0.25) is 0 Å². The fourth-order valence-electron chi connectivity index (χ4n) is 2.68. The van der Waals surface area contributed by atoms with E-state index in [0.717, 1.165) is 17.3 Å². The van der Waals surface area contributed by atoms with Crippen LogP contribution in [-0.2, 0) is 4.79 Å². The van der Waals surface area contributed by atoms with Crippen LogP contribution in [0, 0.1) is 5.82 Å². The Bertz CT molecular complexity index is 1100. The van der Waals surface area contributed by atoms with Crippen LogP contribution in [0.5, 0.6) is 0 Å². The fraction of sp³-hybridized carbons (Fsp3) is 0.0500. The number of nitrogens with zero attached hydrogens (tertiary/aromatic N) is 3. The largest absolute Gasteiger partial charge is 0.461 e. The van der Waals surface area contributed by atoms with Gasteiger partial charge in [0.05, 0.1) is 6.26 Å². The van der Waals surface area contributed by atoms with Crippen LogP contribution in [0.4, 0.5) is 10.1 Å². The van der Waals surface area contributed by atoms with Crippen molar-refractivity contribution < 1.29 is 13.6 Å². The van der Waals surface area contributed by atoms with Crippen molar-refractivity contribution in [1.29, 1.82) is 0 Å². The number of carbonyl (C=O) groups is 1. The topological polar surface area (TPSA) is 99.0 Å². The molecule has 9 heteroatoms. The molecule has 146 valence electrons. The molecule has 7 nitrogen and oxygen atoms in total. The summed E-state index contributed by atoms with van der Waals surface area (Å²) < 4.78 is 19.7. The number of carbonyl (C=O) groups excluding carboxylic acids is 1. The van der Waals surface area contributed by atoms with E-state index in [1.54, 1.807) is 12.1 Å². The zero-order chi connectivity index (χ0) is 20.2. The molecule has 3 N–H and O–H groups in total. The van der Waals surface area contributed by atoms with Crippen LogP contribution in [-0.4, -0.2) is 20.8 Å². The van der Waals surface area contributed by atoms with Gasteiger partial charge in [-0.1, -0.05) is 42.1 Å². The lowest BCUT2D eigenvalue weighted by Gasteiger charge is -2.16. The van der Waals surface area contributed by atoms with Crippen LogP contribution in [0.3, 0.4) is 0 Å². The van der Waals surface area contributed by atoms with Gasteiger partial charge in [0.1, 0.15) is 11.1 Å². The maximum absolute atomic E-state index is 13.1. The van der Waals surface area contributed by atoms with Crippen molar-refractivity contribution in [1.82, 2.24) is 14.9 Å². The van der Waals surface area contributed by atoms with Crippen molar-refractivity contribution >= 4 is 23.4 Å². The van der Waals surface area contributed by atoms with Gasteiger partial charge in [0, 0.05) is 5.69 Å². The van der Waals surface area contributed by atoms with Crippen molar-refractivity contribution in [2.75, 3.05) is 11.2 Å². The Morgan fingerprint density at radius 2 is 1.83 bits per heavy atom. The third-order valence-electron chi connectivity index (χ3n) is 4.08. The number of hydrogen-bond donors (Lipinski definition) is 2. The highest BCUT2D eigenvalue weighted by Gasteiger charge is 2.26. The highest BCUT2D eigenvalue weighted by Crippen LogP contribution is 2.36. The standard InChI is InChI=1S/C20H16FN5O2S/c21-14-8-10-15(11-9-14)23-19(27)17(13-5-2-1-3-6-13)29-20-25-24-18(26(20)22)16-7-4-12-28-16/h1-12,17H,22H2,(H,23,27). The Hall–Kier alpha value is -3.59. The number of hydrogen-bond acceptors (Lipinski definition) is 6. The molecule has 0 aliphatic heterocycles. The molecule has 0 radical (unpaired) electrons. The smallest absolute Gasteiger partial charge is 0.242 e. The van der Waals surface area contributed by atoms with Crippen molar-refractivity contribution in [2.45, 2.75) is 10.4 Å². The molecule has 0 saturated carbocycles. The third-order valence-corrected chi connectivity index (χ3v) is 5.29. The molecule has 2 aromatic heterocycles. The van der Waals surface area contributed by atoms with Gasteiger partial charge in [-0.2, -0.15) is 0 Å². The Morgan fingerprint density at radius 1 is 1.07 bits per heavy atom. The number of anilines is 1. The summed E-state index contributed by atoms with van der Waals surface area (Å²) in [6.07, 6.45) is 1.51. The Morgan fingerprint density at radius 3 is 2.52 bits per heavy atom. The number of halogens is 1. The predicted molar refractivity (Wildman–Crippen MR) is 108 cm³/mol. The first kappa shape index (κ1) is 18.8. The second kappa shape index (κ2) is 8.19. The van der Waals surface area contributed by atoms with Gasteiger partial charge in [-0.3, -0.25) is 4.79 Å². The molecule has 29 heavy (non-hydrogen) atoms. The van der Waals surface area contributed by atoms with Gasteiger partial charge in [-0.05, 0) is 42.0 Å². The zero-order valence-corrected chi connectivity index (χ0v) is 15.8. The summed E-state index contributed by atoms with van der Waals surface area (Å²) in [5.41, 5.74) is 1.25. The van der Waals surface area contributed by atoms with Gasteiger partial charge in [0.25, 0.3) is 0 Å². The highest BCUT2D eigenvalue weighted by molar-refractivity contribution is 8.00. The monoisotopic (exact) mass is 409 g/mol. The molecule has 0 aliphatic carbocycles. The highest BCUT2D eigenvalue weighted by atomic mass is 32.2. The summed E-state index contributed by atoms with van der Waals surface area (Å²) >= 11 is 1.15. The van der Waals surface area contributed by atoms with E-state index >= 15 is 0 Å². The van der Waals surface area contributed by atoms with Crippen molar-refractivity contribution in [3.63, 3.8) is 0 Å². The van der Waals surface area contributed by atoms with Crippen LogP contribution in [0.25, 0.3) is 11.6 Å². The SMILES string of the molecule is Nn1c(SC(C(=O)Nc2ccc(F)cc2)c2ccccc2)nnc1-c1ccco1.